The van der Waals surface area contributed by atoms with E-state index >= 15 is 0 Å². The third-order valence-corrected chi connectivity index (χ3v) is 4.56. The number of benzene rings is 1. The summed E-state index contributed by atoms with van der Waals surface area (Å²) in [4.78, 5) is 12.6. The summed E-state index contributed by atoms with van der Waals surface area (Å²) in [7, 11) is 0. The second-order valence-corrected chi connectivity index (χ2v) is 7.43. The first-order valence-corrected chi connectivity index (χ1v) is 7.53. The van der Waals surface area contributed by atoms with Crippen molar-refractivity contribution in [2.24, 2.45) is 5.92 Å². The van der Waals surface area contributed by atoms with Gasteiger partial charge in [0.1, 0.15) is 5.78 Å². The maximum absolute atomic E-state index is 12.6. The molecule has 1 heterocycles. The van der Waals surface area contributed by atoms with Gasteiger partial charge < -0.3 is 4.74 Å². The van der Waals surface area contributed by atoms with Crippen LogP contribution in [0.1, 0.15) is 39.7 Å². The van der Waals surface area contributed by atoms with Crippen LogP contribution in [0.15, 0.2) is 18.2 Å². The number of hydrogen-bond acceptors (Lipinski definition) is 2. The van der Waals surface area contributed by atoms with Gasteiger partial charge in [0.2, 0.25) is 0 Å². The summed E-state index contributed by atoms with van der Waals surface area (Å²) in [5.74, 6) is 0.103. The molecule has 2 rings (SSSR count). The van der Waals surface area contributed by atoms with Crippen molar-refractivity contribution in [1.29, 1.82) is 0 Å². The molecule has 0 spiro atoms. The molecule has 1 aliphatic heterocycles. The van der Waals surface area contributed by atoms with Gasteiger partial charge in [0.05, 0.1) is 21.2 Å². The van der Waals surface area contributed by atoms with Gasteiger partial charge in [-0.1, -0.05) is 29.3 Å². The molecule has 1 aliphatic rings. The highest BCUT2D eigenvalue weighted by Gasteiger charge is 2.48. The Hall–Kier alpha value is -0.570. The van der Waals surface area contributed by atoms with Crippen LogP contribution in [0.4, 0.5) is 0 Å². The molecule has 1 aromatic carbocycles. The maximum Gasteiger partial charge on any atom is 0.143 e. The highest BCUT2D eigenvalue weighted by Crippen LogP contribution is 2.42. The lowest BCUT2D eigenvalue weighted by molar-refractivity contribution is -0.128. The Morgan fingerprint density at radius 2 is 1.90 bits per heavy atom. The minimum absolute atomic E-state index is 0.0908. The Morgan fingerprint density at radius 3 is 2.40 bits per heavy atom. The molecule has 1 atom stereocenters. The molecule has 1 aromatic rings. The van der Waals surface area contributed by atoms with Gasteiger partial charge in [0.25, 0.3) is 0 Å². The zero-order valence-corrected chi connectivity index (χ0v) is 13.8. The lowest BCUT2D eigenvalue weighted by Gasteiger charge is -2.26. The van der Waals surface area contributed by atoms with Crippen molar-refractivity contribution in [3.8, 4) is 0 Å². The minimum atomic E-state index is -0.420. The van der Waals surface area contributed by atoms with Crippen LogP contribution in [-0.4, -0.2) is 17.0 Å². The smallest absolute Gasteiger partial charge is 0.143 e. The Bertz CT molecular complexity index is 535. The molecule has 110 valence electrons. The number of hydrogen-bond donors (Lipinski definition) is 0. The van der Waals surface area contributed by atoms with Crippen molar-refractivity contribution in [2.75, 3.05) is 0 Å². The first kappa shape index (κ1) is 15.8. The SMILES string of the molecule is CC1(C)CC(C(=O)Cc2ccc(Cl)c(Cl)c2)C(C)(C)O1. The van der Waals surface area contributed by atoms with Crippen molar-refractivity contribution >= 4 is 29.0 Å². The molecule has 1 fully saturated rings. The molecule has 0 aliphatic carbocycles. The van der Waals surface area contributed by atoms with Gasteiger partial charge >= 0.3 is 0 Å². The predicted molar refractivity (Wildman–Crippen MR) is 82.5 cm³/mol. The van der Waals surface area contributed by atoms with E-state index in [9.17, 15) is 4.79 Å². The molecular weight excluding hydrogens is 295 g/mol. The zero-order valence-electron chi connectivity index (χ0n) is 12.3. The van der Waals surface area contributed by atoms with Crippen LogP contribution in [0.2, 0.25) is 10.0 Å². The highest BCUT2D eigenvalue weighted by atomic mass is 35.5. The summed E-state index contributed by atoms with van der Waals surface area (Å²) >= 11 is 11.9. The fourth-order valence-electron chi connectivity index (χ4n) is 3.04. The third kappa shape index (κ3) is 3.36. The number of Topliss-reactive ketones (excluding diaryl/α,β-unsaturated/α-hetero) is 1. The summed E-state index contributed by atoms with van der Waals surface area (Å²) < 4.78 is 5.98. The minimum Gasteiger partial charge on any atom is -0.369 e. The topological polar surface area (TPSA) is 26.3 Å². The predicted octanol–water partition coefficient (Wildman–Crippen LogP) is 4.70. The van der Waals surface area contributed by atoms with Gasteiger partial charge in [-0.05, 0) is 51.8 Å². The molecule has 4 heteroatoms. The monoisotopic (exact) mass is 314 g/mol. The Balaban J connectivity index is 2.14. The lowest BCUT2D eigenvalue weighted by Crippen LogP contribution is -2.34. The van der Waals surface area contributed by atoms with E-state index in [2.05, 4.69) is 0 Å². The number of halogens is 2. The molecule has 0 radical (unpaired) electrons. The van der Waals surface area contributed by atoms with E-state index in [-0.39, 0.29) is 17.3 Å². The fourth-order valence-corrected chi connectivity index (χ4v) is 3.36. The first-order valence-electron chi connectivity index (χ1n) is 6.77. The standard InChI is InChI=1S/C16H20Cl2O2/c1-15(2)9-11(16(3,4)20-15)14(19)8-10-5-6-12(17)13(18)7-10/h5-7,11H,8-9H2,1-4H3. The van der Waals surface area contributed by atoms with Gasteiger partial charge in [-0.15, -0.1) is 0 Å². The van der Waals surface area contributed by atoms with Crippen molar-refractivity contribution in [2.45, 2.75) is 51.7 Å². The fraction of sp³-hybridized carbons (Fsp3) is 0.562. The van der Waals surface area contributed by atoms with Gasteiger partial charge in [-0.3, -0.25) is 4.79 Å². The van der Waals surface area contributed by atoms with Gasteiger partial charge in [0, 0.05) is 12.3 Å². The van der Waals surface area contributed by atoms with E-state index < -0.39 is 5.60 Å². The van der Waals surface area contributed by atoms with Gasteiger partial charge in [0.15, 0.2) is 0 Å². The summed E-state index contributed by atoms with van der Waals surface area (Å²) in [6, 6.07) is 5.34. The maximum atomic E-state index is 12.6. The van der Waals surface area contributed by atoms with Crippen molar-refractivity contribution in [1.82, 2.24) is 0 Å². The molecule has 0 amide bonds. The van der Waals surface area contributed by atoms with E-state index in [0.717, 1.165) is 12.0 Å². The molecule has 0 bridgehead atoms. The van der Waals surface area contributed by atoms with E-state index in [1.165, 1.54) is 0 Å². The Kier molecular flexibility index (Phi) is 4.21. The van der Waals surface area contributed by atoms with Gasteiger partial charge in [-0.2, -0.15) is 0 Å². The lowest BCUT2D eigenvalue weighted by atomic mass is 9.82. The number of carbonyl (C=O) groups excluding carboxylic acids is 1. The van der Waals surface area contributed by atoms with E-state index in [0.29, 0.717) is 16.5 Å². The van der Waals surface area contributed by atoms with E-state index in [1.54, 1.807) is 12.1 Å². The molecular formula is C16H20Cl2O2. The van der Waals surface area contributed by atoms with E-state index in [4.69, 9.17) is 27.9 Å². The highest BCUT2D eigenvalue weighted by molar-refractivity contribution is 6.42. The number of ether oxygens (including phenoxy) is 1. The largest absolute Gasteiger partial charge is 0.369 e. The number of carbonyl (C=O) groups is 1. The number of rotatable bonds is 3. The van der Waals surface area contributed by atoms with Crippen LogP contribution in [0.5, 0.6) is 0 Å². The van der Waals surface area contributed by atoms with Crippen molar-refractivity contribution < 1.29 is 9.53 Å². The molecule has 0 N–H and O–H groups in total. The molecule has 20 heavy (non-hydrogen) atoms. The Morgan fingerprint density at radius 1 is 1.25 bits per heavy atom. The number of ketones is 1. The van der Waals surface area contributed by atoms with Gasteiger partial charge in [-0.25, -0.2) is 0 Å². The summed E-state index contributed by atoms with van der Waals surface area (Å²) in [6.07, 6.45) is 1.12. The second kappa shape index (κ2) is 5.32. The van der Waals surface area contributed by atoms with Crippen LogP contribution in [-0.2, 0) is 16.0 Å². The molecule has 0 aromatic heterocycles. The second-order valence-electron chi connectivity index (χ2n) is 6.61. The van der Waals surface area contributed by atoms with Crippen LogP contribution in [0.25, 0.3) is 0 Å². The van der Waals surface area contributed by atoms with E-state index in [1.807, 2.05) is 33.8 Å². The first-order chi connectivity index (χ1) is 9.11. The average Bonchev–Trinajstić information content (AvgIpc) is 2.52. The van der Waals surface area contributed by atoms with Crippen molar-refractivity contribution in [3.63, 3.8) is 0 Å². The van der Waals surface area contributed by atoms with Crippen LogP contribution in [0.3, 0.4) is 0 Å². The van der Waals surface area contributed by atoms with Crippen LogP contribution >= 0.6 is 23.2 Å². The molecule has 1 saturated heterocycles. The molecule has 0 saturated carbocycles. The quantitative estimate of drug-likeness (QED) is 0.808. The summed E-state index contributed by atoms with van der Waals surface area (Å²) in [6.45, 7) is 8.03. The van der Waals surface area contributed by atoms with Crippen LogP contribution < -0.4 is 0 Å². The average molecular weight is 315 g/mol. The zero-order chi connectivity index (χ0) is 15.1. The van der Waals surface area contributed by atoms with Crippen LogP contribution in [0, 0.1) is 5.92 Å². The third-order valence-electron chi connectivity index (χ3n) is 3.83. The Labute approximate surface area is 130 Å². The normalized spacial score (nSPS) is 23.8. The molecule has 2 nitrogen and oxygen atoms in total. The summed E-state index contributed by atoms with van der Waals surface area (Å²) in [5.41, 5.74) is 0.225. The molecule has 1 unspecified atom stereocenters. The van der Waals surface area contributed by atoms with Crippen molar-refractivity contribution in [3.05, 3.63) is 33.8 Å². The summed E-state index contributed by atoms with van der Waals surface area (Å²) in [5, 5.41) is 0.993.